The number of morpholine rings is 1. The summed E-state index contributed by atoms with van der Waals surface area (Å²) in [7, 11) is 3.18. The van der Waals surface area contributed by atoms with Crippen LogP contribution in [0.15, 0.2) is 12.1 Å². The van der Waals surface area contributed by atoms with Crippen molar-refractivity contribution in [3.05, 3.63) is 23.4 Å². The van der Waals surface area contributed by atoms with Gasteiger partial charge < -0.3 is 24.5 Å². The van der Waals surface area contributed by atoms with E-state index < -0.39 is 18.9 Å². The molecule has 1 amide bonds. The molecular weight excluding hydrogens is 391 g/mol. The van der Waals surface area contributed by atoms with E-state index in [1.165, 1.54) is 0 Å². The lowest BCUT2D eigenvalue weighted by Gasteiger charge is -2.36. The number of aryl methyl sites for hydroxylation is 1. The number of amides is 1. The van der Waals surface area contributed by atoms with Crippen molar-refractivity contribution >= 4 is 5.91 Å². The van der Waals surface area contributed by atoms with Crippen molar-refractivity contribution in [2.75, 3.05) is 40.5 Å². The van der Waals surface area contributed by atoms with Crippen molar-refractivity contribution in [3.63, 3.8) is 0 Å². The van der Waals surface area contributed by atoms with Crippen LogP contribution >= 0.6 is 0 Å². The number of halogens is 1. The molecule has 0 unspecified atom stereocenters. The zero-order chi connectivity index (χ0) is 21.5. The summed E-state index contributed by atoms with van der Waals surface area (Å²) in [5.74, 6) is 0.447. The molecule has 1 saturated carbocycles. The summed E-state index contributed by atoms with van der Waals surface area (Å²) in [6.45, 7) is 2.97. The molecule has 2 N–H and O–H groups in total. The van der Waals surface area contributed by atoms with Crippen LogP contribution in [-0.4, -0.2) is 74.6 Å². The lowest BCUT2D eigenvalue weighted by molar-refractivity contribution is -0.154. The topological polar surface area (TPSA) is 85.0 Å². The lowest BCUT2D eigenvalue weighted by Crippen LogP contribution is -2.54. The van der Waals surface area contributed by atoms with Crippen molar-refractivity contribution in [1.82, 2.24) is 20.7 Å². The Kier molecular flexibility index (Phi) is 8.38. The van der Waals surface area contributed by atoms with Crippen LogP contribution in [0.25, 0.3) is 0 Å². The molecule has 1 aromatic heterocycles. The van der Waals surface area contributed by atoms with Crippen LogP contribution in [0.3, 0.4) is 0 Å². The Morgan fingerprint density at radius 3 is 2.87 bits per heavy atom. The van der Waals surface area contributed by atoms with Crippen LogP contribution in [0.1, 0.15) is 43.5 Å². The van der Waals surface area contributed by atoms with E-state index in [0.29, 0.717) is 25.5 Å². The summed E-state index contributed by atoms with van der Waals surface area (Å²) in [6, 6.07) is 3.95. The van der Waals surface area contributed by atoms with Gasteiger partial charge in [0.2, 0.25) is 5.88 Å². The Morgan fingerprint density at radius 1 is 1.40 bits per heavy atom. The van der Waals surface area contributed by atoms with E-state index in [2.05, 4.69) is 15.8 Å². The van der Waals surface area contributed by atoms with Crippen molar-refractivity contribution in [1.29, 1.82) is 0 Å². The van der Waals surface area contributed by atoms with Gasteiger partial charge in [0.25, 0.3) is 5.91 Å². The van der Waals surface area contributed by atoms with Gasteiger partial charge in [-0.15, -0.1) is 0 Å². The summed E-state index contributed by atoms with van der Waals surface area (Å²) in [4.78, 5) is 24.6. The highest BCUT2D eigenvalue weighted by Crippen LogP contribution is 2.36. The fourth-order valence-electron chi connectivity index (χ4n) is 3.81. The van der Waals surface area contributed by atoms with E-state index in [1.54, 1.807) is 14.2 Å². The fourth-order valence-corrected chi connectivity index (χ4v) is 3.81. The zero-order valence-electron chi connectivity index (χ0n) is 18.0. The second-order valence-electron chi connectivity index (χ2n) is 7.85. The largest absolute Gasteiger partial charge is 0.481 e. The molecular formula is C21H33FN4O4. The standard InChI is InChI=1S/C21H33FN4O4/c1-14(15-9-16(5-4-8-24-29-3)25-20(10-15)28-2)26(17-6-7-17)21(27)19-13-23-12-18(11-22)30-19/h9-10,14,17-19,23-24H,4-8,11-13H2,1-3H3/t14-,18-,19-/m1/s1. The third-order valence-electron chi connectivity index (χ3n) is 5.54. The molecule has 1 saturated heterocycles. The number of alkyl halides is 1. The molecule has 1 aliphatic heterocycles. The Labute approximate surface area is 177 Å². The van der Waals surface area contributed by atoms with E-state index in [1.807, 2.05) is 24.0 Å². The Bertz CT molecular complexity index is 704. The first-order valence-electron chi connectivity index (χ1n) is 10.6. The Morgan fingerprint density at radius 2 is 2.20 bits per heavy atom. The molecule has 30 heavy (non-hydrogen) atoms. The summed E-state index contributed by atoms with van der Waals surface area (Å²) >= 11 is 0. The van der Waals surface area contributed by atoms with Crippen molar-refractivity contribution < 1.29 is 23.5 Å². The second-order valence-corrected chi connectivity index (χ2v) is 7.85. The van der Waals surface area contributed by atoms with E-state index in [9.17, 15) is 9.18 Å². The number of methoxy groups -OCH3 is 1. The number of nitrogens with one attached hydrogen (secondary N) is 2. The molecule has 3 rings (SSSR count). The minimum atomic E-state index is -0.661. The number of rotatable bonds is 11. The highest BCUT2D eigenvalue weighted by atomic mass is 19.1. The highest BCUT2D eigenvalue weighted by molar-refractivity contribution is 5.82. The number of aromatic nitrogens is 1. The maximum absolute atomic E-state index is 13.3. The molecule has 2 aliphatic rings. The van der Waals surface area contributed by atoms with Gasteiger partial charge in [-0.1, -0.05) is 0 Å². The SMILES string of the molecule is CONCCCc1cc([C@@H](C)N(C(=O)[C@H]2CNC[C@@H](CF)O2)C2CC2)cc(OC)n1. The highest BCUT2D eigenvalue weighted by Gasteiger charge is 2.41. The first-order valence-corrected chi connectivity index (χ1v) is 10.6. The zero-order valence-corrected chi connectivity index (χ0v) is 18.0. The summed E-state index contributed by atoms with van der Waals surface area (Å²) in [6.07, 6.45) is 2.34. The molecule has 3 atom stereocenters. The first kappa shape index (κ1) is 22.9. The van der Waals surface area contributed by atoms with E-state index in [-0.39, 0.29) is 18.0 Å². The van der Waals surface area contributed by atoms with Gasteiger partial charge in [-0.3, -0.25) is 4.79 Å². The summed E-state index contributed by atoms with van der Waals surface area (Å²) in [5.41, 5.74) is 4.71. The van der Waals surface area contributed by atoms with Gasteiger partial charge in [-0.2, -0.15) is 0 Å². The Balaban J connectivity index is 1.76. The van der Waals surface area contributed by atoms with Gasteiger partial charge in [0.1, 0.15) is 12.8 Å². The van der Waals surface area contributed by atoms with E-state index >= 15 is 0 Å². The molecule has 168 valence electrons. The third-order valence-corrected chi connectivity index (χ3v) is 5.54. The minimum Gasteiger partial charge on any atom is -0.481 e. The van der Waals surface area contributed by atoms with Gasteiger partial charge in [0, 0.05) is 37.4 Å². The predicted molar refractivity (Wildman–Crippen MR) is 110 cm³/mol. The fraction of sp³-hybridized carbons (Fsp3) is 0.714. The van der Waals surface area contributed by atoms with Gasteiger partial charge >= 0.3 is 0 Å². The predicted octanol–water partition coefficient (Wildman–Crippen LogP) is 1.55. The van der Waals surface area contributed by atoms with Crippen LogP contribution in [0.2, 0.25) is 0 Å². The number of carbonyl (C=O) groups excluding carboxylic acids is 1. The Hall–Kier alpha value is -1.81. The molecule has 0 aromatic carbocycles. The number of hydrogen-bond acceptors (Lipinski definition) is 7. The molecule has 1 aromatic rings. The van der Waals surface area contributed by atoms with Crippen molar-refractivity contribution in [3.8, 4) is 5.88 Å². The van der Waals surface area contributed by atoms with Crippen LogP contribution in [0, 0.1) is 0 Å². The summed E-state index contributed by atoms with van der Waals surface area (Å²) in [5, 5.41) is 3.11. The van der Waals surface area contributed by atoms with Crippen LogP contribution < -0.4 is 15.5 Å². The molecule has 1 aliphatic carbocycles. The van der Waals surface area contributed by atoms with Crippen LogP contribution in [0.4, 0.5) is 4.39 Å². The van der Waals surface area contributed by atoms with Gasteiger partial charge in [-0.25, -0.2) is 14.9 Å². The molecule has 0 radical (unpaired) electrons. The number of carbonyl (C=O) groups is 1. The van der Waals surface area contributed by atoms with Crippen LogP contribution in [-0.2, 0) is 20.8 Å². The monoisotopic (exact) mass is 424 g/mol. The van der Waals surface area contributed by atoms with E-state index in [0.717, 1.165) is 36.9 Å². The molecule has 2 heterocycles. The average molecular weight is 425 g/mol. The minimum absolute atomic E-state index is 0.0859. The third kappa shape index (κ3) is 5.87. The normalized spacial score (nSPS) is 22.5. The number of hydrogen-bond donors (Lipinski definition) is 2. The summed E-state index contributed by atoms with van der Waals surface area (Å²) < 4.78 is 24.2. The molecule has 8 nitrogen and oxygen atoms in total. The lowest BCUT2D eigenvalue weighted by atomic mass is 10.0. The molecule has 0 bridgehead atoms. The molecule has 9 heteroatoms. The van der Waals surface area contributed by atoms with Crippen molar-refractivity contribution in [2.24, 2.45) is 0 Å². The quantitative estimate of drug-likeness (QED) is 0.412. The molecule has 0 spiro atoms. The number of nitrogens with zero attached hydrogens (tertiary/aromatic N) is 2. The first-order chi connectivity index (χ1) is 14.6. The maximum atomic E-state index is 13.3. The van der Waals surface area contributed by atoms with Crippen LogP contribution in [0.5, 0.6) is 5.88 Å². The van der Waals surface area contributed by atoms with Gasteiger partial charge in [0.05, 0.1) is 26.4 Å². The smallest absolute Gasteiger partial charge is 0.253 e. The van der Waals surface area contributed by atoms with E-state index in [4.69, 9.17) is 14.3 Å². The maximum Gasteiger partial charge on any atom is 0.253 e. The van der Waals surface area contributed by atoms with Crippen molar-refractivity contribution in [2.45, 2.75) is 56.9 Å². The van der Waals surface area contributed by atoms with Gasteiger partial charge in [-0.05, 0) is 44.2 Å². The number of ether oxygens (including phenoxy) is 2. The average Bonchev–Trinajstić information content (AvgIpc) is 3.61. The molecule has 2 fully saturated rings. The number of hydroxylamine groups is 1. The second kappa shape index (κ2) is 11.0. The number of pyridine rings is 1. The van der Waals surface area contributed by atoms with Gasteiger partial charge in [0.15, 0.2) is 0 Å².